The maximum absolute atomic E-state index is 12.0. The lowest BCUT2D eigenvalue weighted by Crippen LogP contribution is -2.57. The van der Waals surface area contributed by atoms with Crippen LogP contribution in [-0.2, 0) is 19.1 Å². The van der Waals surface area contributed by atoms with Gasteiger partial charge in [0.15, 0.2) is 11.4 Å². The van der Waals surface area contributed by atoms with Gasteiger partial charge in [0.2, 0.25) is 0 Å². The Morgan fingerprint density at radius 3 is 3.00 bits per heavy atom. The number of carbonyl (C=O) groups is 2. The minimum Gasteiger partial charge on any atom is -0.459 e. The van der Waals surface area contributed by atoms with Crippen molar-refractivity contribution in [2.24, 2.45) is 0 Å². The summed E-state index contributed by atoms with van der Waals surface area (Å²) in [5.74, 6) is -1.50. The van der Waals surface area contributed by atoms with E-state index < -0.39 is 23.9 Å². The van der Waals surface area contributed by atoms with E-state index in [1.54, 1.807) is 13.1 Å². The molecule has 1 aliphatic heterocycles. The number of allylic oxidation sites excluding steroid dienone is 2. The summed E-state index contributed by atoms with van der Waals surface area (Å²) in [7, 11) is 1.69. The molecule has 1 saturated heterocycles. The van der Waals surface area contributed by atoms with E-state index >= 15 is 0 Å². The Labute approximate surface area is 147 Å². The molecular weight excluding hydrogens is 330 g/mol. The van der Waals surface area contributed by atoms with Crippen LogP contribution < -0.4 is 5.32 Å². The molecule has 0 aromatic heterocycles. The third-order valence-corrected chi connectivity index (χ3v) is 4.59. The minimum absolute atomic E-state index is 0.170. The number of likely N-dealkylation sites (N-methyl/N-ethyl adjacent to an activating group) is 1. The van der Waals surface area contributed by atoms with Gasteiger partial charge in [0.05, 0.1) is 12.6 Å². The topological polar surface area (TPSA) is 84.9 Å². The van der Waals surface area contributed by atoms with Gasteiger partial charge in [-0.2, -0.15) is 0 Å². The first-order valence-electron chi connectivity index (χ1n) is 8.02. The van der Waals surface area contributed by atoms with Crippen molar-refractivity contribution >= 4 is 23.3 Å². The molecule has 0 aliphatic carbocycles. The Balaban J connectivity index is 2.62. The highest BCUT2D eigenvalue weighted by Crippen LogP contribution is 2.29. The third kappa shape index (κ3) is 6.76. The van der Waals surface area contributed by atoms with Crippen molar-refractivity contribution in [3.8, 4) is 0 Å². The molecule has 1 heterocycles. The summed E-state index contributed by atoms with van der Waals surface area (Å²) >= 11 is 1.06. The molecule has 0 amide bonds. The van der Waals surface area contributed by atoms with E-state index in [1.807, 2.05) is 6.92 Å². The predicted octanol–water partition coefficient (Wildman–Crippen LogP) is 1.82. The first kappa shape index (κ1) is 20.9. The standard InChI is InChI=1S/C17H27NO5S/c1-4-5-6-13(2)9-16(20)23-14-7-8-22-17(21,10-14)15(18-3)11-24-12-19/h4,9,12,14-15,18,21H,1,5-8,10-11H2,2-3H3/b13-9-. The van der Waals surface area contributed by atoms with Crippen LogP contribution in [0.2, 0.25) is 0 Å². The van der Waals surface area contributed by atoms with Gasteiger partial charge in [0, 0.05) is 24.7 Å². The normalized spacial score (nSPS) is 25.8. The first-order chi connectivity index (χ1) is 11.4. The van der Waals surface area contributed by atoms with E-state index in [0.717, 1.165) is 35.8 Å². The Morgan fingerprint density at radius 2 is 2.38 bits per heavy atom. The van der Waals surface area contributed by atoms with Crippen molar-refractivity contribution in [3.05, 3.63) is 24.3 Å². The number of hydrogen-bond acceptors (Lipinski definition) is 7. The van der Waals surface area contributed by atoms with Crippen LogP contribution in [0, 0.1) is 0 Å². The molecule has 1 fully saturated rings. The average molecular weight is 357 g/mol. The fraction of sp³-hybridized carbons (Fsp3) is 0.647. The number of hydrogen-bond donors (Lipinski definition) is 2. The molecule has 0 aromatic carbocycles. The average Bonchev–Trinajstić information content (AvgIpc) is 2.53. The highest BCUT2D eigenvalue weighted by molar-refractivity contribution is 8.11. The number of carbonyl (C=O) groups excluding carboxylic acids is 2. The van der Waals surface area contributed by atoms with Crippen molar-refractivity contribution in [2.75, 3.05) is 19.4 Å². The lowest BCUT2D eigenvalue weighted by molar-refractivity contribution is -0.257. The molecule has 7 heteroatoms. The van der Waals surface area contributed by atoms with E-state index in [4.69, 9.17) is 9.47 Å². The fourth-order valence-electron chi connectivity index (χ4n) is 2.57. The SMILES string of the molecule is C=CCC/C(C)=C\C(=O)OC1CCOC(O)(C(CSC=O)NC)C1. The number of esters is 1. The van der Waals surface area contributed by atoms with Gasteiger partial charge in [-0.3, -0.25) is 4.79 Å². The molecule has 2 N–H and O–H groups in total. The minimum atomic E-state index is -1.46. The van der Waals surface area contributed by atoms with Gasteiger partial charge in [-0.15, -0.1) is 6.58 Å². The summed E-state index contributed by atoms with van der Waals surface area (Å²) in [6.45, 7) is 5.82. The molecule has 24 heavy (non-hydrogen) atoms. The van der Waals surface area contributed by atoms with E-state index in [1.165, 1.54) is 6.08 Å². The molecule has 0 saturated carbocycles. The van der Waals surface area contributed by atoms with Crippen LogP contribution in [0.15, 0.2) is 24.3 Å². The van der Waals surface area contributed by atoms with Gasteiger partial charge in [0.25, 0.3) is 0 Å². The largest absolute Gasteiger partial charge is 0.459 e. The Bertz CT molecular complexity index is 468. The summed E-state index contributed by atoms with van der Waals surface area (Å²) in [5, 5.41) is 13.7. The lowest BCUT2D eigenvalue weighted by Gasteiger charge is -2.41. The zero-order chi connectivity index (χ0) is 18.0. The van der Waals surface area contributed by atoms with Gasteiger partial charge in [0.1, 0.15) is 6.10 Å². The van der Waals surface area contributed by atoms with Crippen molar-refractivity contribution in [1.29, 1.82) is 0 Å². The molecule has 3 unspecified atom stereocenters. The van der Waals surface area contributed by atoms with Gasteiger partial charge < -0.3 is 19.9 Å². The van der Waals surface area contributed by atoms with Crippen molar-refractivity contribution in [1.82, 2.24) is 5.32 Å². The maximum Gasteiger partial charge on any atom is 0.330 e. The smallest absolute Gasteiger partial charge is 0.330 e. The summed E-state index contributed by atoms with van der Waals surface area (Å²) in [4.78, 5) is 22.5. The van der Waals surface area contributed by atoms with E-state index in [-0.39, 0.29) is 13.0 Å². The van der Waals surface area contributed by atoms with Crippen molar-refractivity contribution in [3.63, 3.8) is 0 Å². The molecule has 3 atom stereocenters. The van der Waals surface area contributed by atoms with Gasteiger partial charge >= 0.3 is 5.97 Å². The second-order valence-corrected chi connectivity index (χ2v) is 6.69. The van der Waals surface area contributed by atoms with Crippen LogP contribution in [0.1, 0.15) is 32.6 Å². The molecule has 0 aromatic rings. The zero-order valence-corrected chi connectivity index (χ0v) is 15.1. The monoisotopic (exact) mass is 357 g/mol. The first-order valence-corrected chi connectivity index (χ1v) is 9.07. The lowest BCUT2D eigenvalue weighted by atomic mass is 9.96. The van der Waals surface area contributed by atoms with Crippen LogP contribution in [0.5, 0.6) is 0 Å². The highest BCUT2D eigenvalue weighted by Gasteiger charge is 2.43. The Kier molecular flexibility index (Phi) is 9.28. The summed E-state index contributed by atoms with van der Waals surface area (Å²) < 4.78 is 11.0. The van der Waals surface area contributed by atoms with Crippen LogP contribution >= 0.6 is 11.8 Å². The van der Waals surface area contributed by atoms with Crippen LogP contribution in [0.25, 0.3) is 0 Å². The van der Waals surface area contributed by atoms with Gasteiger partial charge in [-0.05, 0) is 26.8 Å². The highest BCUT2D eigenvalue weighted by atomic mass is 32.2. The number of aliphatic hydroxyl groups is 1. The molecule has 1 rings (SSSR count). The number of ether oxygens (including phenoxy) is 2. The van der Waals surface area contributed by atoms with Crippen molar-refractivity contribution in [2.45, 2.75) is 50.5 Å². The predicted molar refractivity (Wildman–Crippen MR) is 95.3 cm³/mol. The van der Waals surface area contributed by atoms with E-state index in [0.29, 0.717) is 12.2 Å². The van der Waals surface area contributed by atoms with Crippen LogP contribution in [0.3, 0.4) is 0 Å². The second kappa shape index (κ2) is 10.7. The number of rotatable bonds is 10. The zero-order valence-electron chi connectivity index (χ0n) is 14.3. The van der Waals surface area contributed by atoms with Crippen LogP contribution in [-0.4, -0.2) is 54.0 Å². The number of thioether (sulfide) groups is 1. The summed E-state index contributed by atoms with van der Waals surface area (Å²) in [6, 6.07) is -0.431. The quantitative estimate of drug-likeness (QED) is 0.267. The maximum atomic E-state index is 12.0. The molecule has 0 spiro atoms. The second-order valence-electron chi connectivity index (χ2n) is 5.83. The molecular formula is C17H27NO5S. The summed E-state index contributed by atoms with van der Waals surface area (Å²) in [5.41, 5.74) is 1.66. The Morgan fingerprint density at radius 1 is 1.62 bits per heavy atom. The number of nitrogens with one attached hydrogen (secondary N) is 1. The Hall–Kier alpha value is -1.15. The van der Waals surface area contributed by atoms with Crippen LogP contribution in [0.4, 0.5) is 0 Å². The molecule has 136 valence electrons. The summed E-state index contributed by atoms with van der Waals surface area (Å²) in [6.07, 6.45) is 5.14. The van der Waals surface area contributed by atoms with Gasteiger partial charge in [-0.25, -0.2) is 4.79 Å². The molecule has 6 nitrogen and oxygen atoms in total. The molecule has 1 aliphatic rings. The van der Waals surface area contributed by atoms with E-state index in [2.05, 4.69) is 11.9 Å². The van der Waals surface area contributed by atoms with Crippen molar-refractivity contribution < 1.29 is 24.2 Å². The van der Waals surface area contributed by atoms with Gasteiger partial charge in [-0.1, -0.05) is 23.4 Å². The fourth-order valence-corrected chi connectivity index (χ4v) is 3.27. The molecule has 0 radical (unpaired) electrons. The van der Waals surface area contributed by atoms with E-state index in [9.17, 15) is 14.7 Å². The third-order valence-electron chi connectivity index (χ3n) is 3.93. The molecule has 0 bridgehead atoms.